The molecule has 14 heavy (non-hydrogen) atoms. The third-order valence-electron chi connectivity index (χ3n) is 2.17. The number of hydrogen-bond acceptors (Lipinski definition) is 4. The van der Waals surface area contributed by atoms with Gasteiger partial charge in [-0.25, -0.2) is 0 Å². The molecule has 0 spiro atoms. The van der Waals surface area contributed by atoms with Crippen LogP contribution in [0, 0.1) is 6.92 Å². The van der Waals surface area contributed by atoms with Gasteiger partial charge < -0.3 is 9.84 Å². The zero-order valence-electron chi connectivity index (χ0n) is 9.21. The van der Waals surface area contributed by atoms with Crippen molar-refractivity contribution in [2.75, 3.05) is 0 Å². The van der Waals surface area contributed by atoms with Crippen molar-refractivity contribution >= 4 is 0 Å². The Balaban J connectivity index is 2.20. The number of nitrogens with zero attached hydrogens (tertiary/aromatic N) is 2. The molecule has 1 unspecified atom stereocenters. The predicted octanol–water partition coefficient (Wildman–Crippen LogP) is 2.05. The summed E-state index contributed by atoms with van der Waals surface area (Å²) in [6, 6.07) is 0.522. The fourth-order valence-corrected chi connectivity index (χ4v) is 1.29. The van der Waals surface area contributed by atoms with Gasteiger partial charge in [-0.3, -0.25) is 0 Å². The van der Waals surface area contributed by atoms with Crippen molar-refractivity contribution in [2.45, 2.75) is 52.6 Å². The topological polar surface area (TPSA) is 51.0 Å². The summed E-state index contributed by atoms with van der Waals surface area (Å²) in [6.07, 6.45) is 3.71. The molecule has 1 heterocycles. The molecule has 1 atom stereocenters. The van der Waals surface area contributed by atoms with Crippen LogP contribution >= 0.6 is 0 Å². The monoisotopic (exact) mass is 197 g/mol. The van der Waals surface area contributed by atoms with Crippen molar-refractivity contribution in [3.8, 4) is 0 Å². The lowest BCUT2D eigenvalue weighted by molar-refractivity contribution is 0.382. The maximum Gasteiger partial charge on any atom is 0.223 e. The van der Waals surface area contributed by atoms with Crippen LogP contribution in [0.2, 0.25) is 0 Å². The van der Waals surface area contributed by atoms with Crippen LogP contribution in [0.15, 0.2) is 4.52 Å². The molecule has 1 aromatic rings. The fraction of sp³-hybridized carbons (Fsp3) is 0.800. The van der Waals surface area contributed by atoms with Crippen LogP contribution in [0.1, 0.15) is 44.8 Å². The quantitative estimate of drug-likeness (QED) is 0.758. The lowest BCUT2D eigenvalue weighted by Crippen LogP contribution is -2.25. The number of unbranched alkanes of at least 4 members (excludes halogenated alkanes) is 1. The van der Waals surface area contributed by atoms with Crippen LogP contribution in [-0.2, 0) is 6.54 Å². The second kappa shape index (κ2) is 5.75. The van der Waals surface area contributed by atoms with Gasteiger partial charge in [-0.1, -0.05) is 24.9 Å². The summed E-state index contributed by atoms with van der Waals surface area (Å²) in [5.41, 5.74) is 0. The van der Waals surface area contributed by atoms with E-state index in [1.807, 2.05) is 0 Å². The SMILES string of the molecule is CCCCC(C)NCc1noc(C)n1. The van der Waals surface area contributed by atoms with E-state index in [-0.39, 0.29) is 0 Å². The Hall–Kier alpha value is -0.900. The number of nitrogens with one attached hydrogen (secondary N) is 1. The lowest BCUT2D eigenvalue weighted by atomic mass is 10.1. The Morgan fingerprint density at radius 1 is 1.50 bits per heavy atom. The maximum atomic E-state index is 4.88. The molecule has 80 valence electrons. The Kier molecular flexibility index (Phi) is 4.59. The van der Waals surface area contributed by atoms with E-state index < -0.39 is 0 Å². The van der Waals surface area contributed by atoms with Crippen LogP contribution in [0.4, 0.5) is 0 Å². The van der Waals surface area contributed by atoms with Crippen molar-refractivity contribution in [3.63, 3.8) is 0 Å². The Bertz CT molecular complexity index is 260. The van der Waals surface area contributed by atoms with Crippen molar-refractivity contribution in [1.29, 1.82) is 0 Å². The summed E-state index contributed by atoms with van der Waals surface area (Å²) >= 11 is 0. The summed E-state index contributed by atoms with van der Waals surface area (Å²) in [5, 5.41) is 7.18. The molecule has 4 nitrogen and oxygen atoms in total. The molecule has 0 aliphatic rings. The first-order valence-corrected chi connectivity index (χ1v) is 5.25. The van der Waals surface area contributed by atoms with Crippen LogP contribution in [-0.4, -0.2) is 16.2 Å². The van der Waals surface area contributed by atoms with Gasteiger partial charge in [-0.15, -0.1) is 0 Å². The van der Waals surface area contributed by atoms with E-state index in [2.05, 4.69) is 29.3 Å². The molecule has 0 radical (unpaired) electrons. The summed E-state index contributed by atoms with van der Waals surface area (Å²) in [4.78, 5) is 4.12. The van der Waals surface area contributed by atoms with E-state index in [1.54, 1.807) is 6.92 Å². The van der Waals surface area contributed by atoms with E-state index in [4.69, 9.17) is 4.52 Å². The fourth-order valence-electron chi connectivity index (χ4n) is 1.29. The standard InChI is InChI=1S/C10H19N3O/c1-4-5-6-8(2)11-7-10-12-9(3)14-13-10/h8,11H,4-7H2,1-3H3. The van der Waals surface area contributed by atoms with Gasteiger partial charge in [0.05, 0.1) is 6.54 Å². The summed E-state index contributed by atoms with van der Waals surface area (Å²) < 4.78 is 4.88. The molecule has 0 saturated heterocycles. The highest BCUT2D eigenvalue weighted by molar-refractivity contribution is 4.83. The van der Waals surface area contributed by atoms with Crippen molar-refractivity contribution < 1.29 is 4.52 Å². The van der Waals surface area contributed by atoms with Gasteiger partial charge in [0.25, 0.3) is 0 Å². The van der Waals surface area contributed by atoms with Gasteiger partial charge in [0.15, 0.2) is 5.82 Å². The summed E-state index contributed by atoms with van der Waals surface area (Å²) in [6.45, 7) is 6.89. The Morgan fingerprint density at radius 2 is 2.29 bits per heavy atom. The molecular formula is C10H19N3O. The molecule has 0 saturated carbocycles. The number of aromatic nitrogens is 2. The maximum absolute atomic E-state index is 4.88. The zero-order valence-corrected chi connectivity index (χ0v) is 9.21. The minimum Gasteiger partial charge on any atom is -0.340 e. The zero-order chi connectivity index (χ0) is 10.4. The molecule has 0 aliphatic heterocycles. The molecule has 0 bridgehead atoms. The predicted molar refractivity (Wildman–Crippen MR) is 54.9 cm³/mol. The van der Waals surface area contributed by atoms with Crippen LogP contribution in [0.5, 0.6) is 0 Å². The van der Waals surface area contributed by atoms with E-state index >= 15 is 0 Å². The summed E-state index contributed by atoms with van der Waals surface area (Å²) in [5.74, 6) is 1.37. The Labute approximate surface area is 85.1 Å². The molecule has 0 aliphatic carbocycles. The van der Waals surface area contributed by atoms with Gasteiger partial charge in [0.2, 0.25) is 5.89 Å². The first-order chi connectivity index (χ1) is 6.72. The molecule has 1 N–H and O–H groups in total. The molecule has 0 fully saturated rings. The average molecular weight is 197 g/mol. The number of rotatable bonds is 6. The first-order valence-electron chi connectivity index (χ1n) is 5.25. The van der Waals surface area contributed by atoms with Gasteiger partial charge in [-0.2, -0.15) is 4.98 Å². The van der Waals surface area contributed by atoms with Crippen LogP contribution in [0.3, 0.4) is 0 Å². The minimum atomic E-state index is 0.522. The number of hydrogen-bond donors (Lipinski definition) is 1. The molecule has 1 rings (SSSR count). The molecular weight excluding hydrogens is 178 g/mol. The summed E-state index contributed by atoms with van der Waals surface area (Å²) in [7, 11) is 0. The van der Waals surface area contributed by atoms with Gasteiger partial charge in [-0.05, 0) is 13.3 Å². The average Bonchev–Trinajstić information content (AvgIpc) is 2.58. The van der Waals surface area contributed by atoms with Crippen LogP contribution < -0.4 is 5.32 Å². The molecule has 0 aromatic carbocycles. The molecule has 1 aromatic heterocycles. The van der Waals surface area contributed by atoms with E-state index in [0.29, 0.717) is 18.5 Å². The number of aryl methyl sites for hydroxylation is 1. The van der Waals surface area contributed by atoms with Crippen molar-refractivity contribution in [3.05, 3.63) is 11.7 Å². The second-order valence-corrected chi connectivity index (χ2v) is 3.65. The molecule has 0 amide bonds. The van der Waals surface area contributed by atoms with Gasteiger partial charge >= 0.3 is 0 Å². The highest BCUT2D eigenvalue weighted by Crippen LogP contribution is 2.01. The molecule has 4 heteroatoms. The third kappa shape index (κ3) is 3.87. The van der Waals surface area contributed by atoms with Crippen molar-refractivity contribution in [1.82, 2.24) is 15.5 Å². The first kappa shape index (κ1) is 11.2. The van der Waals surface area contributed by atoms with E-state index in [1.165, 1.54) is 19.3 Å². The van der Waals surface area contributed by atoms with Crippen LogP contribution in [0.25, 0.3) is 0 Å². The van der Waals surface area contributed by atoms with Crippen molar-refractivity contribution in [2.24, 2.45) is 0 Å². The van der Waals surface area contributed by atoms with Gasteiger partial charge in [0.1, 0.15) is 0 Å². The smallest absolute Gasteiger partial charge is 0.223 e. The Morgan fingerprint density at radius 3 is 2.86 bits per heavy atom. The second-order valence-electron chi connectivity index (χ2n) is 3.65. The minimum absolute atomic E-state index is 0.522. The lowest BCUT2D eigenvalue weighted by Gasteiger charge is -2.10. The van der Waals surface area contributed by atoms with Gasteiger partial charge in [0, 0.05) is 13.0 Å². The van der Waals surface area contributed by atoms with E-state index in [9.17, 15) is 0 Å². The highest BCUT2D eigenvalue weighted by atomic mass is 16.5. The third-order valence-corrected chi connectivity index (χ3v) is 2.17. The highest BCUT2D eigenvalue weighted by Gasteiger charge is 2.04. The largest absolute Gasteiger partial charge is 0.340 e. The van der Waals surface area contributed by atoms with E-state index in [0.717, 1.165) is 5.82 Å². The normalized spacial score (nSPS) is 13.1.